The number of aromatic carboxylic acids is 1. The van der Waals surface area contributed by atoms with Crippen molar-refractivity contribution in [2.45, 2.75) is 20.5 Å². The Balaban J connectivity index is 1.80. The Morgan fingerprint density at radius 1 is 1.07 bits per heavy atom. The van der Waals surface area contributed by atoms with Gasteiger partial charge in [-0.1, -0.05) is 42.5 Å². The summed E-state index contributed by atoms with van der Waals surface area (Å²) in [5.41, 5.74) is 2.88. The Hall–Kier alpha value is -3.80. The zero-order valence-corrected chi connectivity index (χ0v) is 17.0. The molecule has 2 aromatic carbocycles. The molecular formula is C24H22NO5-. The van der Waals surface area contributed by atoms with Crippen LogP contribution in [0, 0.1) is 13.8 Å². The number of carboxylic acid groups (broad SMARTS) is 1. The van der Waals surface area contributed by atoms with Crippen LogP contribution in [0.3, 0.4) is 0 Å². The van der Waals surface area contributed by atoms with Gasteiger partial charge < -0.3 is 24.4 Å². The minimum Gasteiger partial charge on any atom is -0.543 e. The van der Waals surface area contributed by atoms with Crippen molar-refractivity contribution in [1.82, 2.24) is 4.98 Å². The molecule has 1 heterocycles. The number of nitrogens with one attached hydrogen (secondary N) is 1. The molecule has 3 rings (SSSR count). The van der Waals surface area contributed by atoms with Gasteiger partial charge in [-0.25, -0.2) is 0 Å². The Bertz CT molecular complexity index is 1100. The van der Waals surface area contributed by atoms with E-state index in [0.717, 1.165) is 11.1 Å². The summed E-state index contributed by atoms with van der Waals surface area (Å²) in [4.78, 5) is 26.5. The summed E-state index contributed by atoms with van der Waals surface area (Å²) in [6.45, 7) is 3.62. The van der Waals surface area contributed by atoms with E-state index < -0.39 is 5.97 Å². The first-order valence-electron chi connectivity index (χ1n) is 9.38. The molecular weight excluding hydrogens is 382 g/mol. The molecule has 0 aliphatic carbocycles. The second-order valence-electron chi connectivity index (χ2n) is 6.79. The lowest BCUT2D eigenvalue weighted by Gasteiger charge is -2.11. The first-order chi connectivity index (χ1) is 14.4. The summed E-state index contributed by atoms with van der Waals surface area (Å²) in [7, 11) is 1.57. The maximum atomic E-state index is 12.6. The third kappa shape index (κ3) is 4.60. The standard InChI is InChI=1S/C24H23NO5/c1-15-22(16(2)25-23(15)24(27)28)19(26)11-9-17-10-12-20(29-3)21(13-17)30-14-18-7-5-4-6-8-18/h4-13,25H,14H2,1-3H3,(H,27,28)/p-1/b11-9+. The van der Waals surface area contributed by atoms with E-state index in [1.807, 2.05) is 30.3 Å². The van der Waals surface area contributed by atoms with Gasteiger partial charge in [0, 0.05) is 11.3 Å². The third-order valence-corrected chi connectivity index (χ3v) is 4.74. The monoisotopic (exact) mass is 404 g/mol. The van der Waals surface area contributed by atoms with Crippen molar-refractivity contribution >= 4 is 17.8 Å². The molecule has 0 unspecified atom stereocenters. The topological polar surface area (TPSA) is 91.5 Å². The highest BCUT2D eigenvalue weighted by Crippen LogP contribution is 2.29. The van der Waals surface area contributed by atoms with Crippen molar-refractivity contribution in [3.63, 3.8) is 0 Å². The number of carbonyl (C=O) groups is 2. The van der Waals surface area contributed by atoms with Crippen LogP contribution in [-0.2, 0) is 6.61 Å². The summed E-state index contributed by atoms with van der Waals surface area (Å²) >= 11 is 0. The lowest BCUT2D eigenvalue weighted by molar-refractivity contribution is -0.255. The van der Waals surface area contributed by atoms with Crippen molar-refractivity contribution in [2.24, 2.45) is 0 Å². The predicted octanol–water partition coefficient (Wildman–Crippen LogP) is 3.48. The molecule has 6 nitrogen and oxygen atoms in total. The van der Waals surface area contributed by atoms with E-state index in [1.165, 1.54) is 6.08 Å². The fourth-order valence-electron chi connectivity index (χ4n) is 3.22. The Morgan fingerprint density at radius 3 is 2.43 bits per heavy atom. The van der Waals surface area contributed by atoms with Crippen LogP contribution in [-0.4, -0.2) is 23.8 Å². The van der Waals surface area contributed by atoms with Gasteiger partial charge in [-0.05, 0) is 48.7 Å². The fourth-order valence-corrected chi connectivity index (χ4v) is 3.22. The molecule has 0 saturated carbocycles. The van der Waals surface area contributed by atoms with Crippen LogP contribution in [0.5, 0.6) is 11.5 Å². The normalized spacial score (nSPS) is 10.9. The number of carboxylic acids is 1. The van der Waals surface area contributed by atoms with Crippen LogP contribution in [0.4, 0.5) is 0 Å². The van der Waals surface area contributed by atoms with Crippen molar-refractivity contribution in [2.75, 3.05) is 7.11 Å². The second kappa shape index (κ2) is 9.13. The quantitative estimate of drug-likeness (QED) is 0.458. The smallest absolute Gasteiger partial charge is 0.187 e. The molecule has 0 amide bonds. The van der Waals surface area contributed by atoms with E-state index in [0.29, 0.717) is 34.9 Å². The number of hydrogen-bond donors (Lipinski definition) is 1. The zero-order chi connectivity index (χ0) is 21.7. The number of H-pyrrole nitrogens is 1. The molecule has 0 atom stereocenters. The first kappa shape index (κ1) is 20.9. The molecule has 0 aliphatic rings. The SMILES string of the molecule is COc1ccc(/C=C/C(=O)c2c(C)[nH]c(C(=O)[O-])c2C)cc1OCc1ccccc1. The number of ketones is 1. The lowest BCUT2D eigenvalue weighted by Crippen LogP contribution is -2.23. The van der Waals surface area contributed by atoms with E-state index in [-0.39, 0.29) is 11.5 Å². The molecule has 0 fully saturated rings. The third-order valence-electron chi connectivity index (χ3n) is 4.74. The number of allylic oxidation sites excluding steroid dienone is 1. The van der Waals surface area contributed by atoms with Crippen LogP contribution in [0.25, 0.3) is 6.08 Å². The number of carbonyl (C=O) groups excluding carboxylic acids is 2. The molecule has 1 aromatic heterocycles. The van der Waals surface area contributed by atoms with Crippen molar-refractivity contribution < 1.29 is 24.2 Å². The van der Waals surface area contributed by atoms with Gasteiger partial charge in [-0.3, -0.25) is 4.79 Å². The van der Waals surface area contributed by atoms with Gasteiger partial charge >= 0.3 is 0 Å². The van der Waals surface area contributed by atoms with Gasteiger partial charge in [-0.15, -0.1) is 0 Å². The summed E-state index contributed by atoms with van der Waals surface area (Å²) in [6.07, 6.45) is 3.06. The number of rotatable bonds is 8. The largest absolute Gasteiger partial charge is 0.543 e. The summed E-state index contributed by atoms with van der Waals surface area (Å²) < 4.78 is 11.3. The number of ether oxygens (including phenoxy) is 2. The van der Waals surface area contributed by atoms with Crippen LogP contribution in [0.15, 0.2) is 54.6 Å². The summed E-state index contributed by atoms with van der Waals surface area (Å²) in [6, 6.07) is 15.1. The predicted molar refractivity (Wildman–Crippen MR) is 112 cm³/mol. The van der Waals surface area contributed by atoms with Crippen LogP contribution >= 0.6 is 0 Å². The fraction of sp³-hybridized carbons (Fsp3) is 0.167. The highest BCUT2D eigenvalue weighted by atomic mass is 16.5. The Labute approximate surface area is 174 Å². The van der Waals surface area contributed by atoms with Gasteiger partial charge in [0.15, 0.2) is 17.3 Å². The maximum absolute atomic E-state index is 12.6. The van der Waals surface area contributed by atoms with E-state index >= 15 is 0 Å². The van der Waals surface area contributed by atoms with Crippen molar-refractivity contribution in [3.8, 4) is 11.5 Å². The Morgan fingerprint density at radius 2 is 1.80 bits per heavy atom. The molecule has 1 N–H and O–H groups in total. The second-order valence-corrected chi connectivity index (χ2v) is 6.79. The van der Waals surface area contributed by atoms with Crippen molar-refractivity contribution in [3.05, 3.63) is 88.2 Å². The van der Waals surface area contributed by atoms with Gasteiger partial charge in [0.1, 0.15) is 6.61 Å². The van der Waals surface area contributed by atoms with E-state index in [9.17, 15) is 14.7 Å². The summed E-state index contributed by atoms with van der Waals surface area (Å²) in [5.74, 6) is -0.486. The number of aryl methyl sites for hydroxylation is 1. The maximum Gasteiger partial charge on any atom is 0.187 e. The molecule has 30 heavy (non-hydrogen) atoms. The van der Waals surface area contributed by atoms with Gasteiger partial charge in [0.2, 0.25) is 0 Å². The van der Waals surface area contributed by atoms with E-state index in [1.54, 1.807) is 45.2 Å². The zero-order valence-electron chi connectivity index (χ0n) is 17.0. The number of benzene rings is 2. The van der Waals surface area contributed by atoms with Crippen LogP contribution in [0.2, 0.25) is 0 Å². The van der Waals surface area contributed by atoms with Crippen LogP contribution in [0.1, 0.15) is 43.2 Å². The van der Waals surface area contributed by atoms with Gasteiger partial charge in [-0.2, -0.15) is 0 Å². The average molecular weight is 404 g/mol. The number of hydrogen-bond acceptors (Lipinski definition) is 5. The van der Waals surface area contributed by atoms with Crippen LogP contribution < -0.4 is 14.6 Å². The number of methoxy groups -OCH3 is 1. The minimum atomic E-state index is -1.34. The number of aromatic nitrogens is 1. The number of aromatic amines is 1. The summed E-state index contributed by atoms with van der Waals surface area (Å²) in [5, 5.41) is 11.2. The molecule has 0 spiro atoms. The highest BCUT2D eigenvalue weighted by Gasteiger charge is 2.16. The molecule has 0 bridgehead atoms. The van der Waals surface area contributed by atoms with E-state index in [4.69, 9.17) is 9.47 Å². The molecule has 0 radical (unpaired) electrons. The molecule has 3 aromatic rings. The van der Waals surface area contributed by atoms with Gasteiger partial charge in [0.05, 0.1) is 18.8 Å². The van der Waals surface area contributed by atoms with Gasteiger partial charge in [0.25, 0.3) is 0 Å². The van der Waals surface area contributed by atoms with E-state index in [2.05, 4.69) is 4.98 Å². The first-order valence-corrected chi connectivity index (χ1v) is 9.38. The molecule has 6 heteroatoms. The highest BCUT2D eigenvalue weighted by molar-refractivity contribution is 6.10. The van der Waals surface area contributed by atoms with Crippen molar-refractivity contribution in [1.29, 1.82) is 0 Å². The average Bonchev–Trinajstić information content (AvgIpc) is 3.05. The molecule has 154 valence electrons. The molecule has 0 saturated heterocycles. The molecule has 0 aliphatic heterocycles. The lowest BCUT2D eigenvalue weighted by atomic mass is 10.0. The minimum absolute atomic E-state index is 0.0784. The Kier molecular flexibility index (Phi) is 6.37.